The maximum absolute atomic E-state index is 12.0. The van der Waals surface area contributed by atoms with Gasteiger partial charge >= 0.3 is 7.60 Å². The predicted molar refractivity (Wildman–Crippen MR) is 49.6 cm³/mol. The van der Waals surface area contributed by atoms with Gasteiger partial charge in [-0.05, 0) is 27.7 Å². The Morgan fingerprint density at radius 3 is 2.38 bits per heavy atom. The molecule has 1 fully saturated rings. The number of hydrogen-bond donors (Lipinski definition) is 1. The van der Waals surface area contributed by atoms with Gasteiger partial charge < -0.3 is 14.2 Å². The van der Waals surface area contributed by atoms with E-state index < -0.39 is 18.5 Å². The van der Waals surface area contributed by atoms with Gasteiger partial charge in [0.2, 0.25) is 0 Å². The summed E-state index contributed by atoms with van der Waals surface area (Å²) in [6, 6.07) is 0. The molecule has 0 aromatic carbocycles. The molecule has 0 spiro atoms. The molecule has 0 unspecified atom stereocenters. The van der Waals surface area contributed by atoms with Crippen LogP contribution < -0.4 is 0 Å². The lowest BCUT2D eigenvalue weighted by Gasteiger charge is -2.22. The highest BCUT2D eigenvalue weighted by Crippen LogP contribution is 2.68. The van der Waals surface area contributed by atoms with E-state index in [1.165, 1.54) is 6.92 Å². The summed E-state index contributed by atoms with van der Waals surface area (Å²) >= 11 is 0. The van der Waals surface area contributed by atoms with Crippen molar-refractivity contribution in [2.75, 3.05) is 6.61 Å². The van der Waals surface area contributed by atoms with Gasteiger partial charge in [0, 0.05) is 6.42 Å². The van der Waals surface area contributed by atoms with Crippen molar-refractivity contribution in [3.8, 4) is 0 Å². The zero-order valence-corrected chi connectivity index (χ0v) is 9.43. The van der Waals surface area contributed by atoms with Crippen LogP contribution in [0.25, 0.3) is 0 Å². The van der Waals surface area contributed by atoms with E-state index in [9.17, 15) is 9.67 Å². The molecule has 78 valence electrons. The lowest BCUT2D eigenvalue weighted by molar-refractivity contribution is 0.0926. The highest BCUT2D eigenvalue weighted by molar-refractivity contribution is 7.55. The fourth-order valence-electron chi connectivity index (χ4n) is 1.69. The minimum Gasteiger partial charge on any atom is -0.377 e. The summed E-state index contributed by atoms with van der Waals surface area (Å²) < 4.78 is 22.3. The molecule has 0 amide bonds. The first-order chi connectivity index (χ1) is 5.72. The van der Waals surface area contributed by atoms with E-state index in [1.54, 1.807) is 20.8 Å². The molecule has 0 aromatic rings. The molecule has 1 rings (SSSR count). The SMILES string of the molecule is CCO[P@@]1(=O)OC(C)(C)C[C@]1(C)O. The van der Waals surface area contributed by atoms with Crippen LogP contribution in [0.1, 0.15) is 34.1 Å². The molecule has 0 aliphatic carbocycles. The van der Waals surface area contributed by atoms with Gasteiger partial charge in [-0.15, -0.1) is 0 Å². The monoisotopic (exact) mass is 208 g/mol. The summed E-state index contributed by atoms with van der Waals surface area (Å²) in [5.74, 6) is 0. The van der Waals surface area contributed by atoms with E-state index in [2.05, 4.69) is 0 Å². The quantitative estimate of drug-likeness (QED) is 0.706. The van der Waals surface area contributed by atoms with Gasteiger partial charge in [-0.2, -0.15) is 0 Å². The molecule has 4 nitrogen and oxygen atoms in total. The largest absolute Gasteiger partial charge is 0.377 e. The summed E-state index contributed by atoms with van der Waals surface area (Å²) in [5.41, 5.74) is -0.575. The van der Waals surface area contributed by atoms with Gasteiger partial charge in [0.1, 0.15) is 0 Å². The molecule has 1 N–H and O–H groups in total. The molecule has 0 aromatic heterocycles. The van der Waals surface area contributed by atoms with Crippen LogP contribution in [0.3, 0.4) is 0 Å². The molecule has 1 aliphatic heterocycles. The molecular weight excluding hydrogens is 191 g/mol. The minimum atomic E-state index is -3.34. The fourth-order valence-corrected chi connectivity index (χ4v) is 3.85. The average molecular weight is 208 g/mol. The first-order valence-electron chi connectivity index (χ1n) is 4.40. The van der Waals surface area contributed by atoms with Crippen LogP contribution >= 0.6 is 7.60 Å². The van der Waals surface area contributed by atoms with Crippen molar-refractivity contribution >= 4 is 7.60 Å². The van der Waals surface area contributed by atoms with E-state index in [0.717, 1.165) is 0 Å². The van der Waals surface area contributed by atoms with Crippen LogP contribution in [0.4, 0.5) is 0 Å². The zero-order chi connectivity index (χ0) is 10.3. The Balaban J connectivity index is 2.93. The molecule has 0 bridgehead atoms. The van der Waals surface area contributed by atoms with Gasteiger partial charge in [0.05, 0.1) is 12.2 Å². The van der Waals surface area contributed by atoms with Crippen molar-refractivity contribution in [1.82, 2.24) is 0 Å². The molecule has 1 aliphatic rings. The van der Waals surface area contributed by atoms with Crippen LogP contribution in [0.2, 0.25) is 0 Å². The molecular formula is C8H17O4P. The van der Waals surface area contributed by atoms with E-state index in [1.807, 2.05) is 0 Å². The van der Waals surface area contributed by atoms with Gasteiger partial charge in [0.25, 0.3) is 0 Å². The Kier molecular flexibility index (Phi) is 2.63. The standard InChI is InChI=1S/C8H17O4P/c1-5-11-13(10)8(4,9)6-7(2,3)12-13/h9H,5-6H2,1-4H3/t8-,13-/m1/s1. The van der Waals surface area contributed by atoms with Crippen molar-refractivity contribution in [2.45, 2.75) is 45.1 Å². The molecule has 1 saturated heterocycles. The molecule has 0 radical (unpaired) electrons. The lowest BCUT2D eigenvalue weighted by atomic mass is 10.0. The molecule has 13 heavy (non-hydrogen) atoms. The van der Waals surface area contributed by atoms with Gasteiger partial charge in [0.15, 0.2) is 5.34 Å². The Bertz CT molecular complexity index is 247. The van der Waals surface area contributed by atoms with E-state index >= 15 is 0 Å². The second kappa shape index (κ2) is 3.06. The molecule has 0 saturated carbocycles. The van der Waals surface area contributed by atoms with Crippen molar-refractivity contribution in [1.29, 1.82) is 0 Å². The topological polar surface area (TPSA) is 55.8 Å². The van der Waals surface area contributed by atoms with Crippen LogP contribution in [-0.2, 0) is 13.6 Å². The van der Waals surface area contributed by atoms with Crippen molar-refractivity contribution < 1.29 is 18.7 Å². The Hall–Kier alpha value is 0.110. The summed E-state index contributed by atoms with van der Waals surface area (Å²) in [4.78, 5) is 0. The third kappa shape index (κ3) is 1.96. The summed E-state index contributed by atoms with van der Waals surface area (Å²) in [6.07, 6.45) is 0.331. The minimum absolute atomic E-state index is 0.281. The van der Waals surface area contributed by atoms with Crippen molar-refractivity contribution in [3.63, 3.8) is 0 Å². The third-order valence-electron chi connectivity index (χ3n) is 2.02. The first-order valence-corrected chi connectivity index (χ1v) is 5.94. The highest BCUT2D eigenvalue weighted by Gasteiger charge is 2.58. The van der Waals surface area contributed by atoms with Gasteiger partial charge in [-0.1, -0.05) is 0 Å². The normalized spacial score (nSPS) is 43.8. The van der Waals surface area contributed by atoms with Gasteiger partial charge in [-0.25, -0.2) is 0 Å². The van der Waals surface area contributed by atoms with Gasteiger partial charge in [-0.3, -0.25) is 4.57 Å². The predicted octanol–water partition coefficient (Wildman–Crippen LogP) is 2.12. The van der Waals surface area contributed by atoms with E-state index in [4.69, 9.17) is 9.05 Å². The maximum Gasteiger partial charge on any atom is 0.362 e. The first kappa shape index (κ1) is 11.2. The number of aliphatic hydroxyl groups is 1. The van der Waals surface area contributed by atoms with Crippen LogP contribution in [0.15, 0.2) is 0 Å². The average Bonchev–Trinajstić information content (AvgIpc) is 1.96. The Labute approximate surface area is 78.8 Å². The Morgan fingerprint density at radius 1 is 1.54 bits per heavy atom. The third-order valence-corrected chi connectivity index (χ3v) is 4.69. The van der Waals surface area contributed by atoms with Crippen LogP contribution in [-0.4, -0.2) is 22.7 Å². The van der Waals surface area contributed by atoms with Crippen LogP contribution in [0, 0.1) is 0 Å². The summed E-state index contributed by atoms with van der Waals surface area (Å²) in [5, 5.41) is 8.51. The van der Waals surface area contributed by atoms with E-state index in [0.29, 0.717) is 6.42 Å². The number of hydrogen-bond acceptors (Lipinski definition) is 4. The zero-order valence-electron chi connectivity index (χ0n) is 8.53. The lowest BCUT2D eigenvalue weighted by Crippen LogP contribution is -2.24. The molecule has 1 heterocycles. The van der Waals surface area contributed by atoms with Crippen molar-refractivity contribution in [2.24, 2.45) is 0 Å². The Morgan fingerprint density at radius 2 is 2.08 bits per heavy atom. The molecule has 2 atom stereocenters. The second-order valence-corrected chi connectivity index (χ2v) is 6.56. The maximum atomic E-state index is 12.0. The summed E-state index contributed by atoms with van der Waals surface area (Å²) in [6.45, 7) is 7.09. The van der Waals surface area contributed by atoms with Crippen LogP contribution in [0.5, 0.6) is 0 Å². The highest BCUT2D eigenvalue weighted by atomic mass is 31.2. The fraction of sp³-hybridized carbons (Fsp3) is 1.00. The smallest absolute Gasteiger partial charge is 0.362 e. The summed E-state index contributed by atoms with van der Waals surface area (Å²) in [7, 11) is -3.34. The molecule has 5 heteroatoms. The second-order valence-electron chi connectivity index (χ2n) is 4.16. The number of rotatable bonds is 2. The van der Waals surface area contributed by atoms with Crippen molar-refractivity contribution in [3.05, 3.63) is 0 Å². The van der Waals surface area contributed by atoms with E-state index in [-0.39, 0.29) is 6.61 Å².